The Bertz CT molecular complexity index is 1370. The van der Waals surface area contributed by atoms with E-state index in [9.17, 15) is 0 Å². The Balaban J connectivity index is 1.57. The molecule has 5 aromatic rings. The molecule has 1 aromatic carbocycles. The summed E-state index contributed by atoms with van der Waals surface area (Å²) >= 11 is 0. The first kappa shape index (κ1) is 18.3. The molecule has 2 atom stereocenters. The fourth-order valence-corrected chi connectivity index (χ4v) is 3.41. The maximum absolute atomic E-state index is 15.5. The van der Waals surface area contributed by atoms with Gasteiger partial charge in [-0.05, 0) is 42.8 Å². The molecule has 8 nitrogen and oxygen atoms in total. The van der Waals surface area contributed by atoms with Crippen LogP contribution in [0.5, 0.6) is 0 Å². The summed E-state index contributed by atoms with van der Waals surface area (Å²) in [6, 6.07) is 10.5. The van der Waals surface area contributed by atoms with Crippen LogP contribution in [0.1, 0.15) is 36.2 Å². The van der Waals surface area contributed by atoms with Crippen molar-refractivity contribution in [2.45, 2.75) is 19.1 Å². The van der Waals surface area contributed by atoms with Gasteiger partial charge in [0, 0.05) is 42.0 Å². The highest BCUT2D eigenvalue weighted by molar-refractivity contribution is 5.84. The van der Waals surface area contributed by atoms with Crippen molar-refractivity contribution in [1.82, 2.24) is 34.6 Å². The van der Waals surface area contributed by atoms with E-state index in [4.69, 9.17) is 5.73 Å². The van der Waals surface area contributed by atoms with Crippen LogP contribution in [0, 0.1) is 0 Å². The number of fused-ring (bicyclic) bond motifs is 2. The van der Waals surface area contributed by atoms with Crippen molar-refractivity contribution in [3.63, 3.8) is 0 Å². The lowest BCUT2D eigenvalue weighted by atomic mass is 10.0. The molecule has 9 heteroatoms. The van der Waals surface area contributed by atoms with E-state index in [2.05, 4.69) is 25.4 Å². The smallest absolute Gasteiger partial charge is 0.193 e. The average Bonchev–Trinajstić information content (AvgIpc) is 3.38. The maximum Gasteiger partial charge on any atom is 0.193 e. The van der Waals surface area contributed by atoms with Gasteiger partial charge in [-0.25, -0.2) is 4.39 Å². The van der Waals surface area contributed by atoms with Crippen LogP contribution in [0.2, 0.25) is 0 Å². The molecular formula is C21H19FN8. The number of halogens is 1. The normalized spacial score (nSPS) is 13.7. The summed E-state index contributed by atoms with van der Waals surface area (Å²) in [5, 5.41) is 17.5. The molecule has 0 spiro atoms. The van der Waals surface area contributed by atoms with E-state index in [-0.39, 0.29) is 11.9 Å². The fourth-order valence-electron chi connectivity index (χ4n) is 3.41. The van der Waals surface area contributed by atoms with Crippen LogP contribution in [0.25, 0.3) is 27.7 Å². The lowest BCUT2D eigenvalue weighted by Gasteiger charge is -2.10. The van der Waals surface area contributed by atoms with Crippen molar-refractivity contribution in [1.29, 1.82) is 0 Å². The molecule has 4 aromatic heterocycles. The standard InChI is InChI=1S/C21H19FN8/c1-12(23)17-5-6-19-26-27-21(30(19)28-17)20(22)13-3-4-18-14(7-13)8-15(9-24-18)16-10-25-29(2)11-16/h3-12,20H,23H2,1-2H3. The van der Waals surface area contributed by atoms with Crippen molar-refractivity contribution in [3.05, 3.63) is 72.1 Å². The number of nitrogens with zero attached hydrogens (tertiary/aromatic N) is 7. The zero-order valence-corrected chi connectivity index (χ0v) is 16.4. The molecule has 30 heavy (non-hydrogen) atoms. The summed E-state index contributed by atoms with van der Waals surface area (Å²) in [6.45, 7) is 1.82. The van der Waals surface area contributed by atoms with E-state index in [1.165, 1.54) is 4.52 Å². The molecule has 0 fully saturated rings. The molecule has 4 heterocycles. The van der Waals surface area contributed by atoms with E-state index >= 15 is 4.39 Å². The van der Waals surface area contributed by atoms with Gasteiger partial charge in [0.1, 0.15) is 0 Å². The first-order valence-electron chi connectivity index (χ1n) is 9.50. The van der Waals surface area contributed by atoms with Gasteiger partial charge in [0.15, 0.2) is 17.6 Å². The zero-order chi connectivity index (χ0) is 20.8. The second kappa shape index (κ2) is 6.96. The summed E-state index contributed by atoms with van der Waals surface area (Å²) in [6.07, 6.45) is 3.98. The van der Waals surface area contributed by atoms with Crippen molar-refractivity contribution >= 4 is 16.6 Å². The average molecular weight is 402 g/mol. The van der Waals surface area contributed by atoms with Crippen molar-refractivity contribution in [2.75, 3.05) is 0 Å². The van der Waals surface area contributed by atoms with Gasteiger partial charge >= 0.3 is 0 Å². The second-order valence-corrected chi connectivity index (χ2v) is 7.32. The van der Waals surface area contributed by atoms with Gasteiger partial charge in [0.05, 0.1) is 17.4 Å². The van der Waals surface area contributed by atoms with Gasteiger partial charge < -0.3 is 5.73 Å². The van der Waals surface area contributed by atoms with E-state index in [0.29, 0.717) is 16.9 Å². The summed E-state index contributed by atoms with van der Waals surface area (Å²) in [7, 11) is 1.86. The van der Waals surface area contributed by atoms with Gasteiger partial charge in [0.25, 0.3) is 0 Å². The van der Waals surface area contributed by atoms with Gasteiger partial charge in [0.2, 0.25) is 0 Å². The van der Waals surface area contributed by atoms with Crippen LogP contribution in [0.15, 0.2) is 55.0 Å². The number of aromatic nitrogens is 7. The van der Waals surface area contributed by atoms with Crippen LogP contribution in [0.3, 0.4) is 0 Å². The lowest BCUT2D eigenvalue weighted by Crippen LogP contribution is -2.11. The number of benzene rings is 1. The number of alkyl halides is 1. The van der Waals surface area contributed by atoms with Gasteiger partial charge in [-0.1, -0.05) is 6.07 Å². The zero-order valence-electron chi connectivity index (χ0n) is 16.4. The number of aryl methyl sites for hydroxylation is 1. The second-order valence-electron chi connectivity index (χ2n) is 7.32. The molecule has 2 unspecified atom stereocenters. The third-order valence-electron chi connectivity index (χ3n) is 5.04. The van der Waals surface area contributed by atoms with Gasteiger partial charge in [-0.2, -0.15) is 14.7 Å². The number of hydrogen-bond acceptors (Lipinski definition) is 6. The molecule has 5 rings (SSSR count). The molecule has 0 aliphatic carbocycles. The Hall–Kier alpha value is -3.72. The topological polar surface area (TPSA) is 99.8 Å². The predicted octanol–water partition coefficient (Wildman–Crippen LogP) is 3.15. The summed E-state index contributed by atoms with van der Waals surface area (Å²) in [5.41, 5.74) is 10.1. The molecule has 0 aliphatic heterocycles. The molecule has 0 amide bonds. The van der Waals surface area contributed by atoms with Crippen molar-refractivity contribution in [2.24, 2.45) is 12.8 Å². The van der Waals surface area contributed by atoms with Gasteiger partial charge in [-0.15, -0.1) is 10.2 Å². The van der Waals surface area contributed by atoms with E-state index in [1.54, 1.807) is 47.4 Å². The first-order chi connectivity index (χ1) is 14.5. The van der Waals surface area contributed by atoms with Crippen LogP contribution < -0.4 is 5.73 Å². The minimum absolute atomic E-state index is 0.114. The summed E-state index contributed by atoms with van der Waals surface area (Å²) in [5.74, 6) is 0.114. The third kappa shape index (κ3) is 3.09. The Morgan fingerprint density at radius 3 is 2.67 bits per heavy atom. The number of rotatable bonds is 4. The number of nitrogens with two attached hydrogens (primary N) is 1. The molecule has 0 bridgehead atoms. The summed E-state index contributed by atoms with van der Waals surface area (Å²) < 4.78 is 18.6. The quantitative estimate of drug-likeness (QED) is 0.496. The molecule has 0 saturated heterocycles. The molecular weight excluding hydrogens is 383 g/mol. The summed E-state index contributed by atoms with van der Waals surface area (Å²) in [4.78, 5) is 4.49. The monoisotopic (exact) mass is 402 g/mol. The Kier molecular flexibility index (Phi) is 4.25. The van der Waals surface area contributed by atoms with Crippen LogP contribution in [0.4, 0.5) is 4.39 Å². The first-order valence-corrected chi connectivity index (χ1v) is 9.50. The van der Waals surface area contributed by atoms with Crippen LogP contribution in [-0.2, 0) is 7.05 Å². The minimum atomic E-state index is -1.50. The van der Waals surface area contributed by atoms with E-state index < -0.39 is 6.17 Å². The third-order valence-corrected chi connectivity index (χ3v) is 5.04. The predicted molar refractivity (Wildman–Crippen MR) is 110 cm³/mol. The van der Waals surface area contributed by atoms with E-state index in [0.717, 1.165) is 22.0 Å². The molecule has 0 radical (unpaired) electrons. The van der Waals surface area contributed by atoms with Crippen LogP contribution >= 0.6 is 0 Å². The van der Waals surface area contributed by atoms with Gasteiger partial charge in [-0.3, -0.25) is 9.67 Å². The van der Waals surface area contributed by atoms with Crippen molar-refractivity contribution < 1.29 is 4.39 Å². The largest absolute Gasteiger partial charge is 0.323 e. The van der Waals surface area contributed by atoms with E-state index in [1.807, 2.05) is 26.2 Å². The molecule has 0 aliphatic rings. The molecule has 0 saturated carbocycles. The SMILES string of the molecule is CC(N)c1ccc2nnc(C(F)c3ccc4ncc(-c5cnn(C)c5)cc4c3)n2n1. The lowest BCUT2D eigenvalue weighted by molar-refractivity contribution is 0.377. The Morgan fingerprint density at radius 1 is 1.03 bits per heavy atom. The maximum atomic E-state index is 15.5. The highest BCUT2D eigenvalue weighted by Crippen LogP contribution is 2.29. The highest BCUT2D eigenvalue weighted by atomic mass is 19.1. The molecule has 150 valence electrons. The Morgan fingerprint density at radius 2 is 1.90 bits per heavy atom. The number of pyridine rings is 1. The Labute approximate surface area is 171 Å². The fraction of sp³-hybridized carbons (Fsp3) is 0.190. The van der Waals surface area contributed by atoms with Crippen molar-refractivity contribution in [3.8, 4) is 11.1 Å². The molecule has 2 N–H and O–H groups in total. The number of hydrogen-bond donors (Lipinski definition) is 1. The minimum Gasteiger partial charge on any atom is -0.323 e. The van der Waals surface area contributed by atoms with Crippen LogP contribution in [-0.4, -0.2) is 34.6 Å². The highest BCUT2D eigenvalue weighted by Gasteiger charge is 2.21.